The molecule has 0 heterocycles. The van der Waals surface area contributed by atoms with E-state index >= 15 is 0 Å². The maximum atomic E-state index is 12.3. The summed E-state index contributed by atoms with van der Waals surface area (Å²) in [5, 5.41) is 4.82. The number of fused-ring (bicyclic) bond motifs is 1. The predicted octanol–water partition coefficient (Wildman–Crippen LogP) is 6.10. The number of ether oxygens (including phenoxy) is 1. The lowest BCUT2D eigenvalue weighted by molar-refractivity contribution is 0.200. The molecule has 1 N–H and O–H groups in total. The highest BCUT2D eigenvalue weighted by Gasteiger charge is 2.11. The molecule has 0 aliphatic rings. The first-order valence-electron chi connectivity index (χ1n) is 9.29. The van der Waals surface area contributed by atoms with Gasteiger partial charge in [-0.05, 0) is 34.6 Å². The van der Waals surface area contributed by atoms with E-state index < -0.39 is 6.09 Å². The molecule has 0 unspecified atom stereocenters. The van der Waals surface area contributed by atoms with Gasteiger partial charge in [0.1, 0.15) is 5.75 Å². The highest BCUT2D eigenvalue weighted by atomic mass is 16.6. The van der Waals surface area contributed by atoms with Crippen LogP contribution >= 0.6 is 0 Å². The zero-order valence-corrected chi connectivity index (χ0v) is 15.7. The molecule has 0 saturated heterocycles. The standard InChI is InChI=1S/C25H21NO2/c1-18-11-14-22-9-5-6-10-23(22)24(18)28-25(27)26-17-19-12-15-21(16-13-19)20-7-3-2-4-8-20/h2-16H,17H2,1H3,(H,26,27). The third kappa shape index (κ3) is 3.89. The van der Waals surface area contributed by atoms with E-state index in [9.17, 15) is 4.79 Å². The fraction of sp³-hybridized carbons (Fsp3) is 0.0800. The topological polar surface area (TPSA) is 38.3 Å². The summed E-state index contributed by atoms with van der Waals surface area (Å²) in [7, 11) is 0. The van der Waals surface area contributed by atoms with Crippen molar-refractivity contribution in [3.05, 3.63) is 102 Å². The lowest BCUT2D eigenvalue weighted by atomic mass is 10.0. The molecule has 138 valence electrons. The van der Waals surface area contributed by atoms with Crippen LogP contribution < -0.4 is 10.1 Å². The van der Waals surface area contributed by atoms with Gasteiger partial charge in [-0.15, -0.1) is 0 Å². The van der Waals surface area contributed by atoms with E-state index in [4.69, 9.17) is 4.74 Å². The van der Waals surface area contributed by atoms with E-state index in [0.717, 1.165) is 27.5 Å². The molecular weight excluding hydrogens is 346 g/mol. The van der Waals surface area contributed by atoms with Crippen LogP contribution in [0.15, 0.2) is 91.0 Å². The van der Waals surface area contributed by atoms with Crippen LogP contribution in [0.5, 0.6) is 5.75 Å². The van der Waals surface area contributed by atoms with E-state index in [1.807, 2.05) is 73.7 Å². The molecule has 0 saturated carbocycles. The van der Waals surface area contributed by atoms with E-state index in [2.05, 4.69) is 29.6 Å². The predicted molar refractivity (Wildman–Crippen MR) is 113 cm³/mol. The summed E-state index contributed by atoms with van der Waals surface area (Å²) in [5.41, 5.74) is 4.28. The summed E-state index contributed by atoms with van der Waals surface area (Å²) in [5.74, 6) is 0.607. The van der Waals surface area contributed by atoms with Crippen LogP contribution in [0, 0.1) is 6.92 Å². The molecule has 0 radical (unpaired) electrons. The molecule has 4 rings (SSSR count). The Morgan fingerprint density at radius 2 is 1.46 bits per heavy atom. The maximum absolute atomic E-state index is 12.3. The van der Waals surface area contributed by atoms with Crippen LogP contribution in [0.1, 0.15) is 11.1 Å². The number of hydrogen-bond donors (Lipinski definition) is 1. The molecule has 0 atom stereocenters. The minimum Gasteiger partial charge on any atom is -0.409 e. The summed E-state index contributed by atoms with van der Waals surface area (Å²) >= 11 is 0. The first-order chi connectivity index (χ1) is 13.7. The average Bonchev–Trinajstić information content (AvgIpc) is 2.75. The second-order valence-corrected chi connectivity index (χ2v) is 6.74. The van der Waals surface area contributed by atoms with Crippen LogP contribution in [0.2, 0.25) is 0 Å². The summed E-state index contributed by atoms with van der Waals surface area (Å²) < 4.78 is 5.62. The molecule has 0 fully saturated rings. The molecule has 4 aromatic carbocycles. The highest BCUT2D eigenvalue weighted by Crippen LogP contribution is 2.29. The van der Waals surface area contributed by atoms with E-state index in [1.54, 1.807) is 0 Å². The van der Waals surface area contributed by atoms with Gasteiger partial charge in [0.25, 0.3) is 0 Å². The second kappa shape index (κ2) is 7.97. The molecule has 0 spiro atoms. The number of nitrogens with one attached hydrogen (secondary N) is 1. The zero-order valence-electron chi connectivity index (χ0n) is 15.7. The summed E-state index contributed by atoms with van der Waals surface area (Å²) in [6.45, 7) is 2.36. The first kappa shape index (κ1) is 17.8. The largest absolute Gasteiger partial charge is 0.412 e. The van der Waals surface area contributed by atoms with Crippen molar-refractivity contribution in [3.8, 4) is 16.9 Å². The highest BCUT2D eigenvalue weighted by molar-refractivity contribution is 5.91. The Morgan fingerprint density at radius 1 is 0.786 bits per heavy atom. The number of hydrogen-bond acceptors (Lipinski definition) is 2. The van der Waals surface area contributed by atoms with Crippen molar-refractivity contribution >= 4 is 16.9 Å². The van der Waals surface area contributed by atoms with Crippen molar-refractivity contribution in [1.82, 2.24) is 5.32 Å². The van der Waals surface area contributed by atoms with Gasteiger partial charge in [0.2, 0.25) is 0 Å². The molecule has 3 nitrogen and oxygen atoms in total. The maximum Gasteiger partial charge on any atom is 0.412 e. The fourth-order valence-electron chi connectivity index (χ4n) is 3.24. The van der Waals surface area contributed by atoms with Crippen LogP contribution in [-0.2, 0) is 6.54 Å². The number of amides is 1. The van der Waals surface area contributed by atoms with Gasteiger partial charge >= 0.3 is 6.09 Å². The quantitative estimate of drug-likeness (QED) is 0.473. The van der Waals surface area contributed by atoms with E-state index in [1.165, 1.54) is 5.56 Å². The molecule has 0 aliphatic carbocycles. The van der Waals surface area contributed by atoms with Crippen LogP contribution in [0.4, 0.5) is 4.79 Å². The van der Waals surface area contributed by atoms with Gasteiger partial charge in [-0.3, -0.25) is 0 Å². The van der Waals surface area contributed by atoms with Gasteiger partial charge in [-0.25, -0.2) is 4.79 Å². The van der Waals surface area contributed by atoms with Gasteiger partial charge in [-0.2, -0.15) is 0 Å². The van der Waals surface area contributed by atoms with E-state index in [-0.39, 0.29) is 0 Å². The molecule has 3 heteroatoms. The summed E-state index contributed by atoms with van der Waals surface area (Å²) in [4.78, 5) is 12.3. The van der Waals surface area contributed by atoms with Gasteiger partial charge in [-0.1, -0.05) is 91.0 Å². The minimum atomic E-state index is -0.452. The normalized spacial score (nSPS) is 10.6. The van der Waals surface area contributed by atoms with Crippen molar-refractivity contribution in [1.29, 1.82) is 0 Å². The number of aryl methyl sites for hydroxylation is 1. The average molecular weight is 367 g/mol. The van der Waals surface area contributed by atoms with Crippen LogP contribution in [0.25, 0.3) is 21.9 Å². The van der Waals surface area contributed by atoms with Gasteiger partial charge in [0.05, 0.1) is 0 Å². The molecular formula is C25H21NO2. The van der Waals surface area contributed by atoms with Gasteiger partial charge in [0.15, 0.2) is 0 Å². The molecule has 0 aromatic heterocycles. The van der Waals surface area contributed by atoms with Crippen LogP contribution in [-0.4, -0.2) is 6.09 Å². The van der Waals surface area contributed by atoms with Crippen molar-refractivity contribution in [2.45, 2.75) is 13.5 Å². The first-order valence-corrected chi connectivity index (χ1v) is 9.29. The minimum absolute atomic E-state index is 0.414. The molecule has 28 heavy (non-hydrogen) atoms. The van der Waals surface area contributed by atoms with Crippen molar-refractivity contribution < 1.29 is 9.53 Å². The zero-order chi connectivity index (χ0) is 19.3. The van der Waals surface area contributed by atoms with E-state index in [0.29, 0.717) is 12.3 Å². The summed E-state index contributed by atoms with van der Waals surface area (Å²) in [6.07, 6.45) is -0.452. The number of carbonyl (C=O) groups excluding carboxylic acids is 1. The van der Waals surface area contributed by atoms with Gasteiger partial charge in [0, 0.05) is 11.9 Å². The Hall–Kier alpha value is -3.59. The molecule has 4 aromatic rings. The van der Waals surface area contributed by atoms with Gasteiger partial charge < -0.3 is 10.1 Å². The Balaban J connectivity index is 1.42. The monoisotopic (exact) mass is 367 g/mol. The number of carbonyl (C=O) groups is 1. The third-order valence-corrected chi connectivity index (χ3v) is 4.77. The lowest BCUT2D eigenvalue weighted by Crippen LogP contribution is -2.26. The third-order valence-electron chi connectivity index (χ3n) is 4.77. The number of rotatable bonds is 4. The number of benzene rings is 4. The Bertz CT molecular complexity index is 1100. The fourth-order valence-corrected chi connectivity index (χ4v) is 3.24. The van der Waals surface area contributed by atoms with Crippen molar-refractivity contribution in [2.75, 3.05) is 0 Å². The lowest BCUT2D eigenvalue weighted by Gasteiger charge is -2.12. The SMILES string of the molecule is Cc1ccc2ccccc2c1OC(=O)NCc1ccc(-c2ccccc2)cc1. The Morgan fingerprint density at radius 3 is 2.25 bits per heavy atom. The van der Waals surface area contributed by atoms with Crippen LogP contribution in [0.3, 0.4) is 0 Å². The molecule has 0 aliphatic heterocycles. The second-order valence-electron chi connectivity index (χ2n) is 6.74. The smallest absolute Gasteiger partial charge is 0.409 e. The molecule has 0 bridgehead atoms. The van der Waals surface area contributed by atoms with Crippen molar-refractivity contribution in [2.24, 2.45) is 0 Å². The Labute approximate surface area is 164 Å². The summed E-state index contributed by atoms with van der Waals surface area (Å²) in [6, 6.07) is 30.3. The Kier molecular flexibility index (Phi) is 5.07. The molecule has 1 amide bonds. The van der Waals surface area contributed by atoms with Crippen molar-refractivity contribution in [3.63, 3.8) is 0 Å².